The molecule has 0 aliphatic carbocycles. The zero-order chi connectivity index (χ0) is 20.9. The molecular weight excluding hydrogens is 390 g/mol. The molecule has 30 heavy (non-hydrogen) atoms. The second kappa shape index (κ2) is 9.51. The number of aromatic nitrogens is 2. The van der Waals surface area contributed by atoms with Gasteiger partial charge in [0, 0.05) is 23.2 Å². The Bertz CT molecular complexity index is 1120. The van der Waals surface area contributed by atoms with Crippen LogP contribution in [-0.2, 0) is 13.1 Å². The third kappa shape index (κ3) is 4.95. The smallest absolute Gasteiger partial charge is 0.145 e. The molecule has 4 aromatic rings. The van der Waals surface area contributed by atoms with E-state index in [1.807, 2.05) is 23.5 Å². The molecule has 0 aliphatic heterocycles. The molecule has 0 spiro atoms. The molecule has 0 bridgehead atoms. The number of hydrogen-bond donors (Lipinski definition) is 1. The van der Waals surface area contributed by atoms with Gasteiger partial charge >= 0.3 is 0 Å². The number of nitrogens with zero attached hydrogens (tertiary/aromatic N) is 4. The van der Waals surface area contributed by atoms with E-state index < -0.39 is 0 Å². The zero-order valence-electron chi connectivity index (χ0n) is 17.9. The number of hydrogen-bond acceptors (Lipinski definition) is 6. The van der Waals surface area contributed by atoms with Crippen molar-refractivity contribution in [2.24, 2.45) is 0 Å². The summed E-state index contributed by atoms with van der Waals surface area (Å²) in [5.74, 6) is 1.79. The zero-order valence-corrected chi connectivity index (χ0v) is 18.7. The molecule has 0 atom stereocenters. The van der Waals surface area contributed by atoms with Crippen LogP contribution >= 0.6 is 11.3 Å². The van der Waals surface area contributed by atoms with Crippen molar-refractivity contribution in [1.82, 2.24) is 19.8 Å². The number of benzene rings is 2. The summed E-state index contributed by atoms with van der Waals surface area (Å²) in [6.45, 7) is 3.54. The maximum absolute atomic E-state index is 4.87. The molecule has 2 aromatic carbocycles. The molecule has 0 fully saturated rings. The number of para-hydroxylation sites is 1. The summed E-state index contributed by atoms with van der Waals surface area (Å²) < 4.78 is 1.34. The quantitative estimate of drug-likeness (QED) is 0.393. The van der Waals surface area contributed by atoms with Gasteiger partial charge in [-0.15, -0.1) is 11.3 Å². The maximum atomic E-state index is 4.87. The van der Waals surface area contributed by atoms with Gasteiger partial charge in [-0.1, -0.05) is 30.3 Å². The van der Waals surface area contributed by atoms with Gasteiger partial charge in [0.05, 0.1) is 12.1 Å². The van der Waals surface area contributed by atoms with E-state index in [-0.39, 0.29) is 0 Å². The van der Waals surface area contributed by atoms with Gasteiger partial charge < -0.3 is 10.2 Å². The number of anilines is 1. The average Bonchev–Trinajstić information content (AvgIpc) is 3.13. The van der Waals surface area contributed by atoms with Crippen molar-refractivity contribution in [2.45, 2.75) is 19.5 Å². The fourth-order valence-corrected chi connectivity index (χ4v) is 4.63. The van der Waals surface area contributed by atoms with E-state index >= 15 is 0 Å². The minimum atomic E-state index is 0.710. The van der Waals surface area contributed by atoms with Gasteiger partial charge in [0.2, 0.25) is 0 Å². The van der Waals surface area contributed by atoms with Crippen molar-refractivity contribution in [1.29, 1.82) is 0 Å². The second-order valence-electron chi connectivity index (χ2n) is 8.02. The van der Waals surface area contributed by atoms with E-state index in [0.29, 0.717) is 6.54 Å². The molecule has 156 valence electrons. The third-order valence-electron chi connectivity index (χ3n) is 5.14. The molecular formula is C24H29N5S. The maximum Gasteiger partial charge on any atom is 0.145 e. The van der Waals surface area contributed by atoms with E-state index in [2.05, 4.69) is 78.0 Å². The van der Waals surface area contributed by atoms with Crippen LogP contribution in [0.4, 0.5) is 5.82 Å². The fraction of sp³-hybridized carbons (Fsp3) is 0.333. The lowest BCUT2D eigenvalue weighted by atomic mass is 10.1. The summed E-state index contributed by atoms with van der Waals surface area (Å²) >= 11 is 1.81. The van der Waals surface area contributed by atoms with Crippen molar-refractivity contribution in [3.8, 4) is 0 Å². The lowest BCUT2D eigenvalue weighted by Gasteiger charge is -2.17. The minimum absolute atomic E-state index is 0.710. The Labute approximate surface area is 182 Å². The molecule has 0 aliphatic rings. The van der Waals surface area contributed by atoms with E-state index in [1.165, 1.54) is 15.6 Å². The van der Waals surface area contributed by atoms with Crippen molar-refractivity contribution in [3.63, 3.8) is 0 Å². The molecule has 0 radical (unpaired) electrons. The lowest BCUT2D eigenvalue weighted by molar-refractivity contribution is 0.312. The van der Waals surface area contributed by atoms with Crippen molar-refractivity contribution < 1.29 is 0 Å². The first-order valence-electron chi connectivity index (χ1n) is 10.4. The lowest BCUT2D eigenvalue weighted by Crippen LogP contribution is -2.20. The Morgan fingerprint density at radius 1 is 0.900 bits per heavy atom. The summed E-state index contributed by atoms with van der Waals surface area (Å²) in [6.07, 6.45) is 1.08. The Kier molecular flexibility index (Phi) is 6.57. The molecule has 5 nitrogen and oxygen atoms in total. The SMILES string of the molecule is CN(C)CCCNc1nc(CN(C)Cc2csc3ccccc23)nc2ccccc12. The van der Waals surface area contributed by atoms with Crippen LogP contribution in [0.25, 0.3) is 21.0 Å². The third-order valence-corrected chi connectivity index (χ3v) is 6.15. The van der Waals surface area contributed by atoms with Crippen LogP contribution in [-0.4, -0.2) is 54.0 Å². The standard InChI is InChI=1S/C24H29N5S/c1-28(2)14-8-13-25-24-20-10-4-6-11-21(20)26-23(27-24)16-29(3)15-18-17-30-22-12-7-5-9-19(18)22/h4-7,9-12,17H,8,13-16H2,1-3H3,(H,25,26,27). The van der Waals surface area contributed by atoms with Crippen LogP contribution in [0, 0.1) is 0 Å². The highest BCUT2D eigenvalue weighted by Crippen LogP contribution is 2.27. The number of thiophene rings is 1. The predicted molar refractivity (Wildman–Crippen MR) is 128 cm³/mol. The number of nitrogens with one attached hydrogen (secondary N) is 1. The summed E-state index contributed by atoms with van der Waals surface area (Å²) in [6, 6.07) is 16.8. The molecule has 2 aromatic heterocycles. The normalized spacial score (nSPS) is 11.8. The fourth-order valence-electron chi connectivity index (χ4n) is 3.68. The topological polar surface area (TPSA) is 44.3 Å². The average molecular weight is 420 g/mol. The number of fused-ring (bicyclic) bond motifs is 2. The van der Waals surface area contributed by atoms with Gasteiger partial charge in [-0.25, -0.2) is 9.97 Å². The Morgan fingerprint density at radius 2 is 1.67 bits per heavy atom. The van der Waals surface area contributed by atoms with E-state index in [4.69, 9.17) is 9.97 Å². The Hall–Kier alpha value is -2.54. The molecule has 0 unspecified atom stereocenters. The van der Waals surface area contributed by atoms with Crippen LogP contribution < -0.4 is 5.32 Å². The van der Waals surface area contributed by atoms with Crippen LogP contribution in [0.5, 0.6) is 0 Å². The van der Waals surface area contributed by atoms with E-state index in [0.717, 1.165) is 48.6 Å². The first kappa shape index (κ1) is 20.7. The largest absolute Gasteiger partial charge is 0.369 e. The first-order chi connectivity index (χ1) is 14.6. The van der Waals surface area contributed by atoms with Crippen LogP contribution in [0.1, 0.15) is 17.8 Å². The van der Waals surface area contributed by atoms with Gasteiger partial charge in [0.25, 0.3) is 0 Å². The van der Waals surface area contributed by atoms with Crippen LogP contribution in [0.2, 0.25) is 0 Å². The minimum Gasteiger partial charge on any atom is -0.369 e. The molecule has 0 saturated carbocycles. The Balaban J connectivity index is 1.50. The highest BCUT2D eigenvalue weighted by Gasteiger charge is 2.11. The molecule has 0 saturated heterocycles. The first-order valence-corrected chi connectivity index (χ1v) is 11.3. The van der Waals surface area contributed by atoms with Crippen molar-refractivity contribution >= 4 is 38.1 Å². The van der Waals surface area contributed by atoms with E-state index in [1.54, 1.807) is 0 Å². The van der Waals surface area contributed by atoms with Crippen molar-refractivity contribution in [3.05, 3.63) is 65.3 Å². The van der Waals surface area contributed by atoms with E-state index in [9.17, 15) is 0 Å². The molecule has 1 N–H and O–H groups in total. The van der Waals surface area contributed by atoms with Crippen LogP contribution in [0.3, 0.4) is 0 Å². The highest BCUT2D eigenvalue weighted by molar-refractivity contribution is 7.17. The molecule has 2 heterocycles. The van der Waals surface area contributed by atoms with Gasteiger partial charge in [0.15, 0.2) is 0 Å². The summed E-state index contributed by atoms with van der Waals surface area (Å²) in [5, 5.41) is 8.22. The highest BCUT2D eigenvalue weighted by atomic mass is 32.1. The van der Waals surface area contributed by atoms with Gasteiger partial charge in [0.1, 0.15) is 11.6 Å². The molecule has 0 amide bonds. The Morgan fingerprint density at radius 3 is 2.50 bits per heavy atom. The predicted octanol–water partition coefficient (Wildman–Crippen LogP) is 4.84. The molecule has 4 rings (SSSR count). The summed E-state index contributed by atoms with van der Waals surface area (Å²) in [5.41, 5.74) is 2.35. The van der Waals surface area contributed by atoms with Gasteiger partial charge in [-0.05, 0) is 68.6 Å². The van der Waals surface area contributed by atoms with Gasteiger partial charge in [-0.3, -0.25) is 4.90 Å². The second-order valence-corrected chi connectivity index (χ2v) is 8.93. The number of rotatable bonds is 9. The summed E-state index contributed by atoms with van der Waals surface area (Å²) in [4.78, 5) is 14.2. The van der Waals surface area contributed by atoms with Gasteiger partial charge in [-0.2, -0.15) is 0 Å². The summed E-state index contributed by atoms with van der Waals surface area (Å²) in [7, 11) is 6.34. The van der Waals surface area contributed by atoms with Crippen molar-refractivity contribution in [2.75, 3.05) is 39.5 Å². The molecule has 6 heteroatoms. The van der Waals surface area contributed by atoms with Crippen LogP contribution in [0.15, 0.2) is 53.9 Å². The monoisotopic (exact) mass is 419 g/mol.